The predicted molar refractivity (Wildman–Crippen MR) is 78.5 cm³/mol. The summed E-state index contributed by atoms with van der Waals surface area (Å²) in [4.78, 5) is 2.51. The van der Waals surface area contributed by atoms with Crippen LogP contribution in [0.3, 0.4) is 0 Å². The summed E-state index contributed by atoms with van der Waals surface area (Å²) in [5, 5.41) is 3.67. The van der Waals surface area contributed by atoms with Crippen molar-refractivity contribution in [3.63, 3.8) is 0 Å². The molecule has 0 rings (SSSR count). The fourth-order valence-corrected chi connectivity index (χ4v) is 2.34. The molecule has 104 valence electrons. The Hall–Kier alpha value is -0.0800. The Labute approximate surface area is 109 Å². The van der Waals surface area contributed by atoms with Gasteiger partial charge in [0.1, 0.15) is 0 Å². The van der Waals surface area contributed by atoms with Gasteiger partial charge in [0.2, 0.25) is 0 Å². The molecule has 2 unspecified atom stereocenters. The molecule has 0 radical (unpaired) electrons. The number of hydrogen-bond donors (Lipinski definition) is 1. The van der Waals surface area contributed by atoms with E-state index in [1.54, 1.807) is 0 Å². The van der Waals surface area contributed by atoms with Crippen molar-refractivity contribution in [1.82, 2.24) is 10.2 Å². The Morgan fingerprint density at radius 1 is 0.941 bits per heavy atom. The molecule has 2 atom stereocenters. The molecule has 0 heterocycles. The largest absolute Gasteiger partial charge is 0.312 e. The molecule has 2 heteroatoms. The number of hydrogen-bond acceptors (Lipinski definition) is 2. The highest BCUT2D eigenvalue weighted by Gasteiger charge is 2.17. The molecule has 0 bridgehead atoms. The van der Waals surface area contributed by atoms with Crippen molar-refractivity contribution in [1.29, 1.82) is 0 Å². The quantitative estimate of drug-likeness (QED) is 0.665. The van der Waals surface area contributed by atoms with E-state index in [4.69, 9.17) is 0 Å². The molecular weight excluding hydrogens is 208 g/mol. The molecule has 0 aromatic carbocycles. The molecule has 0 saturated carbocycles. The second-order valence-electron chi connectivity index (χ2n) is 5.91. The third kappa shape index (κ3) is 7.05. The van der Waals surface area contributed by atoms with Crippen LogP contribution in [-0.2, 0) is 0 Å². The lowest BCUT2D eigenvalue weighted by Crippen LogP contribution is -2.45. The first-order valence-electron chi connectivity index (χ1n) is 7.37. The van der Waals surface area contributed by atoms with E-state index >= 15 is 0 Å². The second kappa shape index (κ2) is 8.93. The van der Waals surface area contributed by atoms with Gasteiger partial charge < -0.3 is 5.32 Å². The molecule has 1 N–H and O–H groups in total. The number of likely N-dealkylation sites (N-methyl/N-ethyl adjacent to an activating group) is 1. The van der Waals surface area contributed by atoms with Crippen LogP contribution in [0.15, 0.2) is 0 Å². The third-order valence-corrected chi connectivity index (χ3v) is 3.89. The summed E-state index contributed by atoms with van der Waals surface area (Å²) in [6.45, 7) is 14.9. The average molecular weight is 242 g/mol. The Kier molecular flexibility index (Phi) is 8.89. The third-order valence-electron chi connectivity index (χ3n) is 3.89. The normalized spacial score (nSPS) is 15.9. The van der Waals surface area contributed by atoms with E-state index < -0.39 is 0 Å². The maximum atomic E-state index is 3.67. The van der Waals surface area contributed by atoms with Gasteiger partial charge >= 0.3 is 0 Å². The highest BCUT2D eigenvalue weighted by atomic mass is 15.2. The van der Waals surface area contributed by atoms with E-state index in [1.807, 2.05) is 0 Å². The lowest BCUT2D eigenvalue weighted by molar-refractivity contribution is 0.168. The van der Waals surface area contributed by atoms with Crippen molar-refractivity contribution in [2.45, 2.75) is 78.9 Å². The fraction of sp³-hybridized carbons (Fsp3) is 1.00. The average Bonchev–Trinajstić information content (AvgIpc) is 2.28. The van der Waals surface area contributed by atoms with Gasteiger partial charge in [-0.25, -0.2) is 0 Å². The van der Waals surface area contributed by atoms with Gasteiger partial charge in [0, 0.05) is 24.7 Å². The zero-order chi connectivity index (χ0) is 13.4. The SMILES string of the molecule is CCC(CC)NCC(C)N(C)C(C)CC(C)C. The van der Waals surface area contributed by atoms with Crippen LogP contribution >= 0.6 is 0 Å². The minimum Gasteiger partial charge on any atom is -0.312 e. The van der Waals surface area contributed by atoms with Gasteiger partial charge in [-0.2, -0.15) is 0 Å². The Balaban J connectivity index is 3.99. The lowest BCUT2D eigenvalue weighted by Gasteiger charge is -2.33. The Morgan fingerprint density at radius 3 is 1.88 bits per heavy atom. The first-order valence-corrected chi connectivity index (χ1v) is 7.37. The molecule has 0 aromatic rings. The molecular formula is C15H34N2. The van der Waals surface area contributed by atoms with Crippen molar-refractivity contribution in [3.8, 4) is 0 Å². The van der Waals surface area contributed by atoms with Crippen LogP contribution < -0.4 is 5.32 Å². The van der Waals surface area contributed by atoms with Gasteiger partial charge in [-0.15, -0.1) is 0 Å². The molecule has 0 saturated heterocycles. The molecule has 2 nitrogen and oxygen atoms in total. The van der Waals surface area contributed by atoms with Crippen LogP contribution in [0.5, 0.6) is 0 Å². The van der Waals surface area contributed by atoms with Gasteiger partial charge in [0.25, 0.3) is 0 Å². The Bertz CT molecular complexity index is 176. The maximum absolute atomic E-state index is 3.67. The van der Waals surface area contributed by atoms with Crippen molar-refractivity contribution < 1.29 is 0 Å². The van der Waals surface area contributed by atoms with E-state index in [1.165, 1.54) is 19.3 Å². The highest BCUT2D eigenvalue weighted by molar-refractivity contribution is 4.75. The summed E-state index contributed by atoms with van der Waals surface area (Å²) >= 11 is 0. The molecule has 0 aliphatic rings. The molecule has 17 heavy (non-hydrogen) atoms. The van der Waals surface area contributed by atoms with Crippen molar-refractivity contribution in [2.75, 3.05) is 13.6 Å². The van der Waals surface area contributed by atoms with Crippen LogP contribution in [0.25, 0.3) is 0 Å². The van der Waals surface area contributed by atoms with Crippen molar-refractivity contribution in [3.05, 3.63) is 0 Å². The van der Waals surface area contributed by atoms with Crippen LogP contribution in [0.1, 0.15) is 60.8 Å². The standard InChI is InChI=1S/C15H34N2/c1-8-15(9-2)16-11-14(6)17(7)13(5)10-12(3)4/h12-16H,8-11H2,1-7H3. The number of rotatable bonds is 9. The van der Waals surface area contributed by atoms with Crippen LogP contribution in [0, 0.1) is 5.92 Å². The summed E-state index contributed by atoms with van der Waals surface area (Å²) in [5.74, 6) is 0.784. The molecule has 0 aromatic heterocycles. The van der Waals surface area contributed by atoms with Gasteiger partial charge in [-0.1, -0.05) is 27.7 Å². The number of nitrogens with one attached hydrogen (secondary N) is 1. The minimum absolute atomic E-state index is 0.615. The van der Waals surface area contributed by atoms with Crippen LogP contribution in [0.4, 0.5) is 0 Å². The molecule has 0 aliphatic heterocycles. The minimum atomic E-state index is 0.615. The van der Waals surface area contributed by atoms with Crippen LogP contribution in [0.2, 0.25) is 0 Å². The zero-order valence-corrected chi connectivity index (χ0v) is 13.1. The summed E-state index contributed by atoms with van der Waals surface area (Å²) in [6, 6.07) is 1.98. The van der Waals surface area contributed by atoms with Gasteiger partial charge in [-0.05, 0) is 46.1 Å². The first kappa shape index (κ1) is 16.9. The van der Waals surface area contributed by atoms with Crippen LogP contribution in [-0.4, -0.2) is 36.6 Å². The lowest BCUT2D eigenvalue weighted by atomic mass is 10.0. The molecule has 0 amide bonds. The van der Waals surface area contributed by atoms with E-state index in [9.17, 15) is 0 Å². The van der Waals surface area contributed by atoms with E-state index in [0.29, 0.717) is 18.1 Å². The zero-order valence-electron chi connectivity index (χ0n) is 13.1. The van der Waals surface area contributed by atoms with E-state index in [2.05, 4.69) is 58.8 Å². The first-order chi connectivity index (χ1) is 7.92. The summed E-state index contributed by atoms with van der Waals surface area (Å²) in [7, 11) is 2.26. The fourth-order valence-electron chi connectivity index (χ4n) is 2.34. The smallest absolute Gasteiger partial charge is 0.0192 e. The van der Waals surface area contributed by atoms with Gasteiger partial charge in [0.15, 0.2) is 0 Å². The summed E-state index contributed by atoms with van der Waals surface area (Å²) in [5.41, 5.74) is 0. The highest BCUT2D eigenvalue weighted by Crippen LogP contribution is 2.12. The summed E-state index contributed by atoms with van der Waals surface area (Å²) in [6.07, 6.45) is 3.74. The maximum Gasteiger partial charge on any atom is 0.0192 e. The number of nitrogens with zero attached hydrogens (tertiary/aromatic N) is 1. The molecule has 0 aliphatic carbocycles. The topological polar surface area (TPSA) is 15.3 Å². The van der Waals surface area contributed by atoms with E-state index in [-0.39, 0.29) is 0 Å². The summed E-state index contributed by atoms with van der Waals surface area (Å²) < 4.78 is 0. The van der Waals surface area contributed by atoms with Gasteiger partial charge in [-0.3, -0.25) is 4.90 Å². The van der Waals surface area contributed by atoms with Gasteiger partial charge in [0.05, 0.1) is 0 Å². The Morgan fingerprint density at radius 2 is 1.47 bits per heavy atom. The van der Waals surface area contributed by atoms with E-state index in [0.717, 1.165) is 12.5 Å². The molecule has 0 fully saturated rings. The van der Waals surface area contributed by atoms with Crippen molar-refractivity contribution in [2.24, 2.45) is 5.92 Å². The monoisotopic (exact) mass is 242 g/mol. The predicted octanol–water partition coefficient (Wildman–Crippen LogP) is 3.52. The second-order valence-corrected chi connectivity index (χ2v) is 5.91. The van der Waals surface area contributed by atoms with Crippen molar-refractivity contribution >= 4 is 0 Å². The molecule has 0 spiro atoms.